The minimum absolute atomic E-state index is 0.0961. The number of aromatic nitrogens is 3. The lowest BCUT2D eigenvalue weighted by Crippen LogP contribution is -2.29. The summed E-state index contributed by atoms with van der Waals surface area (Å²) in [7, 11) is 0. The van der Waals surface area contributed by atoms with Gasteiger partial charge in [0.25, 0.3) is 5.56 Å². The van der Waals surface area contributed by atoms with Crippen LogP contribution in [0.4, 0.5) is 10.5 Å². The van der Waals surface area contributed by atoms with Gasteiger partial charge >= 0.3 is 6.03 Å². The van der Waals surface area contributed by atoms with Gasteiger partial charge < -0.3 is 10.6 Å². The Hall–Kier alpha value is -3.23. The molecule has 2 aromatic heterocycles. The molecule has 7 nitrogen and oxygen atoms in total. The van der Waals surface area contributed by atoms with E-state index in [9.17, 15) is 9.59 Å². The number of aryl methyl sites for hydroxylation is 2. The summed E-state index contributed by atoms with van der Waals surface area (Å²) in [6.45, 7) is 4.02. The molecule has 0 bridgehead atoms. The number of nitrogens with zero attached hydrogens (tertiary/aromatic N) is 3. The maximum Gasteiger partial charge on any atom is 0.319 e. The molecule has 30 heavy (non-hydrogen) atoms. The SMILES string of the molecule is Cc1ccc(-c2nn3c(=O)cc(CNC(=O)Nc4ccc(C)cc4Cl)nc3s2)cc1. The average Bonchev–Trinajstić information content (AvgIpc) is 3.14. The molecule has 0 aliphatic carbocycles. The van der Waals surface area contributed by atoms with Gasteiger partial charge in [0.1, 0.15) is 5.01 Å². The molecule has 0 fully saturated rings. The van der Waals surface area contributed by atoms with Crippen molar-refractivity contribution in [1.82, 2.24) is 19.9 Å². The highest BCUT2D eigenvalue weighted by Crippen LogP contribution is 2.25. The van der Waals surface area contributed by atoms with Gasteiger partial charge in [-0.1, -0.05) is 58.8 Å². The zero-order valence-corrected chi connectivity index (χ0v) is 17.8. The summed E-state index contributed by atoms with van der Waals surface area (Å²) in [6, 6.07) is 14.2. The molecule has 9 heteroatoms. The van der Waals surface area contributed by atoms with Gasteiger partial charge in [-0.15, -0.1) is 0 Å². The maximum absolute atomic E-state index is 12.4. The third-order valence-electron chi connectivity index (χ3n) is 4.40. The molecule has 0 unspecified atom stereocenters. The van der Waals surface area contributed by atoms with Crippen LogP contribution in [0.1, 0.15) is 16.8 Å². The number of benzene rings is 2. The van der Waals surface area contributed by atoms with Crippen LogP contribution in [0.5, 0.6) is 0 Å². The number of amides is 2. The lowest BCUT2D eigenvalue weighted by Gasteiger charge is -2.09. The first-order valence-corrected chi connectivity index (χ1v) is 10.4. The number of hydrogen-bond donors (Lipinski definition) is 2. The highest BCUT2D eigenvalue weighted by molar-refractivity contribution is 7.19. The van der Waals surface area contributed by atoms with Crippen LogP contribution in [0.15, 0.2) is 53.3 Å². The Bertz CT molecular complexity index is 1300. The Morgan fingerprint density at radius 2 is 1.83 bits per heavy atom. The third-order valence-corrected chi connectivity index (χ3v) is 5.67. The number of fused-ring (bicyclic) bond motifs is 1. The van der Waals surface area contributed by atoms with Crippen LogP contribution in [-0.2, 0) is 6.54 Å². The van der Waals surface area contributed by atoms with Crippen LogP contribution in [0, 0.1) is 13.8 Å². The van der Waals surface area contributed by atoms with Crippen molar-refractivity contribution in [3.8, 4) is 10.6 Å². The zero-order valence-electron chi connectivity index (χ0n) is 16.3. The van der Waals surface area contributed by atoms with Crippen molar-refractivity contribution in [2.24, 2.45) is 0 Å². The first-order valence-electron chi connectivity index (χ1n) is 9.17. The molecule has 2 N–H and O–H groups in total. The van der Waals surface area contributed by atoms with Crippen LogP contribution < -0.4 is 16.2 Å². The number of carbonyl (C=O) groups excluding carboxylic acids is 1. The predicted octanol–water partition coefficient (Wildman–Crippen LogP) is 4.41. The zero-order chi connectivity index (χ0) is 21.3. The molecule has 0 saturated heterocycles. The molecule has 0 atom stereocenters. The van der Waals surface area contributed by atoms with E-state index in [1.807, 2.05) is 44.2 Å². The summed E-state index contributed by atoms with van der Waals surface area (Å²) in [5, 5.41) is 10.9. The number of rotatable bonds is 4. The van der Waals surface area contributed by atoms with Crippen LogP contribution in [0.3, 0.4) is 0 Å². The fraction of sp³-hybridized carbons (Fsp3) is 0.143. The molecular weight excluding hydrogens is 422 g/mol. The van der Waals surface area contributed by atoms with Crippen molar-refractivity contribution in [3.63, 3.8) is 0 Å². The van der Waals surface area contributed by atoms with E-state index in [0.717, 1.165) is 16.7 Å². The maximum atomic E-state index is 12.4. The van der Waals surface area contributed by atoms with Crippen molar-refractivity contribution < 1.29 is 4.79 Å². The summed E-state index contributed by atoms with van der Waals surface area (Å²) < 4.78 is 1.27. The van der Waals surface area contributed by atoms with Gasteiger partial charge in [0.15, 0.2) is 0 Å². The van der Waals surface area contributed by atoms with Crippen molar-refractivity contribution in [1.29, 1.82) is 0 Å². The highest BCUT2D eigenvalue weighted by atomic mass is 35.5. The summed E-state index contributed by atoms with van der Waals surface area (Å²) in [5.41, 5.74) is 3.72. The van der Waals surface area contributed by atoms with Gasteiger partial charge in [0, 0.05) is 11.6 Å². The monoisotopic (exact) mass is 439 g/mol. The molecule has 2 amide bonds. The van der Waals surface area contributed by atoms with E-state index in [1.54, 1.807) is 12.1 Å². The quantitative estimate of drug-likeness (QED) is 0.493. The number of nitrogens with one attached hydrogen (secondary N) is 2. The van der Waals surface area contributed by atoms with Crippen molar-refractivity contribution in [3.05, 3.63) is 80.7 Å². The average molecular weight is 440 g/mol. The van der Waals surface area contributed by atoms with Crippen molar-refractivity contribution in [2.45, 2.75) is 20.4 Å². The second-order valence-electron chi connectivity index (χ2n) is 6.84. The molecule has 2 aromatic carbocycles. The van der Waals surface area contributed by atoms with E-state index in [0.29, 0.717) is 26.4 Å². The van der Waals surface area contributed by atoms with Crippen LogP contribution in [0.25, 0.3) is 15.5 Å². The lowest BCUT2D eigenvalue weighted by molar-refractivity contribution is 0.251. The predicted molar refractivity (Wildman–Crippen MR) is 119 cm³/mol. The van der Waals surface area contributed by atoms with Crippen LogP contribution >= 0.6 is 22.9 Å². The molecule has 4 aromatic rings. The smallest absolute Gasteiger partial charge is 0.319 e. The fourth-order valence-electron chi connectivity index (χ4n) is 2.82. The molecular formula is C21H18ClN5O2S. The van der Waals surface area contributed by atoms with E-state index in [2.05, 4.69) is 20.7 Å². The number of urea groups is 1. The van der Waals surface area contributed by atoms with E-state index in [-0.39, 0.29) is 12.1 Å². The summed E-state index contributed by atoms with van der Waals surface area (Å²) >= 11 is 7.45. The topological polar surface area (TPSA) is 88.4 Å². The standard InChI is InChI=1S/C21H18ClN5O2S/c1-12-3-6-14(7-4-12)19-26-27-18(28)10-15(24-21(27)30-19)11-23-20(29)25-17-8-5-13(2)9-16(17)22/h3-10H,11H2,1-2H3,(H2,23,25,29). The van der Waals surface area contributed by atoms with Gasteiger partial charge in [0.05, 0.1) is 22.9 Å². The van der Waals surface area contributed by atoms with Gasteiger partial charge in [-0.3, -0.25) is 4.79 Å². The van der Waals surface area contributed by atoms with Crippen molar-refractivity contribution >= 4 is 39.6 Å². The normalized spacial score (nSPS) is 10.9. The summed E-state index contributed by atoms with van der Waals surface area (Å²) in [4.78, 5) is 29.5. The minimum Gasteiger partial charge on any atom is -0.332 e. The lowest BCUT2D eigenvalue weighted by atomic mass is 10.2. The Morgan fingerprint density at radius 3 is 2.57 bits per heavy atom. The fourth-order valence-corrected chi connectivity index (χ4v) is 4.03. The van der Waals surface area contributed by atoms with E-state index in [1.165, 1.54) is 21.9 Å². The summed E-state index contributed by atoms with van der Waals surface area (Å²) in [5.74, 6) is 0. The van der Waals surface area contributed by atoms with E-state index >= 15 is 0 Å². The second-order valence-corrected chi connectivity index (χ2v) is 8.21. The molecule has 0 spiro atoms. The molecule has 0 saturated carbocycles. The second kappa shape index (κ2) is 8.25. The molecule has 0 radical (unpaired) electrons. The molecule has 0 aliphatic rings. The van der Waals surface area contributed by atoms with Gasteiger partial charge in [-0.05, 0) is 31.5 Å². The minimum atomic E-state index is -0.438. The van der Waals surface area contributed by atoms with Crippen LogP contribution in [0.2, 0.25) is 5.02 Å². The largest absolute Gasteiger partial charge is 0.332 e. The molecule has 152 valence electrons. The number of anilines is 1. The van der Waals surface area contributed by atoms with Gasteiger partial charge in [-0.25, -0.2) is 9.78 Å². The molecule has 0 aliphatic heterocycles. The number of halogens is 1. The van der Waals surface area contributed by atoms with Crippen LogP contribution in [-0.4, -0.2) is 20.6 Å². The third kappa shape index (κ3) is 4.34. The van der Waals surface area contributed by atoms with E-state index < -0.39 is 6.03 Å². The van der Waals surface area contributed by atoms with E-state index in [4.69, 9.17) is 11.6 Å². The number of hydrogen-bond acceptors (Lipinski definition) is 5. The Kier molecular flexibility index (Phi) is 5.52. The first kappa shape index (κ1) is 20.1. The Morgan fingerprint density at radius 1 is 1.10 bits per heavy atom. The first-order chi connectivity index (χ1) is 14.4. The molecule has 4 rings (SSSR count). The van der Waals surface area contributed by atoms with Gasteiger partial charge in [0.2, 0.25) is 4.96 Å². The Balaban J connectivity index is 1.49. The summed E-state index contributed by atoms with van der Waals surface area (Å²) in [6.07, 6.45) is 0. The Labute approximate surface area is 181 Å². The highest BCUT2D eigenvalue weighted by Gasteiger charge is 2.12. The van der Waals surface area contributed by atoms with Gasteiger partial charge in [-0.2, -0.15) is 9.61 Å². The van der Waals surface area contributed by atoms with Crippen molar-refractivity contribution in [2.75, 3.05) is 5.32 Å². The molecule has 2 heterocycles. The number of carbonyl (C=O) groups is 1.